The maximum Gasteiger partial charge on any atom is 0.167 e. The molecule has 0 bridgehead atoms. The van der Waals surface area contributed by atoms with Gasteiger partial charge in [0.15, 0.2) is 11.4 Å². The van der Waals surface area contributed by atoms with Crippen molar-refractivity contribution in [2.45, 2.75) is 62.6 Å². The zero-order valence-corrected chi connectivity index (χ0v) is 9.80. The molecule has 2 aliphatic heterocycles. The molecule has 1 aliphatic carbocycles. The average molecular weight is 224 g/mol. The third-order valence-electron chi connectivity index (χ3n) is 4.57. The fourth-order valence-electron chi connectivity index (χ4n) is 3.72. The normalized spacial score (nSPS) is 44.4. The second-order valence-corrected chi connectivity index (χ2v) is 5.36. The molecule has 0 aromatic carbocycles. The Hall–Kier alpha value is -0.410. The monoisotopic (exact) mass is 224 g/mol. The molecule has 0 radical (unpaired) electrons. The lowest BCUT2D eigenvalue weighted by Gasteiger charge is -2.48. The third kappa shape index (κ3) is 1.31. The molecular weight excluding hydrogens is 204 g/mol. The van der Waals surface area contributed by atoms with Crippen LogP contribution in [0.1, 0.15) is 51.4 Å². The molecule has 16 heavy (non-hydrogen) atoms. The van der Waals surface area contributed by atoms with Gasteiger partial charge < -0.3 is 9.47 Å². The van der Waals surface area contributed by atoms with Gasteiger partial charge in [0.1, 0.15) is 5.60 Å². The highest BCUT2D eigenvalue weighted by Gasteiger charge is 2.62. The molecule has 2 spiro atoms. The summed E-state index contributed by atoms with van der Waals surface area (Å²) in [6.07, 6.45) is 7.93. The molecule has 90 valence electrons. The second-order valence-electron chi connectivity index (χ2n) is 5.36. The van der Waals surface area contributed by atoms with E-state index in [9.17, 15) is 4.79 Å². The smallest absolute Gasteiger partial charge is 0.167 e. The Morgan fingerprint density at radius 3 is 2.25 bits per heavy atom. The number of carbonyl (C=O) groups excluding carboxylic acids is 1. The van der Waals surface area contributed by atoms with Crippen LogP contribution in [-0.4, -0.2) is 30.2 Å². The molecule has 2 saturated heterocycles. The molecule has 3 aliphatic rings. The van der Waals surface area contributed by atoms with Crippen LogP contribution < -0.4 is 0 Å². The van der Waals surface area contributed by atoms with E-state index in [0.717, 1.165) is 51.7 Å². The standard InChI is InChI=1S/C13H20O3/c14-11-5-8-12(6-1-3-9-15-12)13(11)7-2-4-10-16-13/h1-10H2/t12-,13+/m0/s1. The SMILES string of the molecule is O=C1CC[C@@]2(CCCCO2)[C@@]12CCCCO2. The Bertz CT molecular complexity index is 286. The zero-order valence-electron chi connectivity index (χ0n) is 9.80. The minimum Gasteiger partial charge on any atom is -0.371 e. The molecule has 0 unspecified atom stereocenters. The van der Waals surface area contributed by atoms with Crippen molar-refractivity contribution in [2.24, 2.45) is 0 Å². The number of rotatable bonds is 0. The van der Waals surface area contributed by atoms with Crippen LogP contribution in [0.25, 0.3) is 0 Å². The molecule has 2 heterocycles. The largest absolute Gasteiger partial charge is 0.371 e. The quantitative estimate of drug-likeness (QED) is 0.633. The number of Topliss-reactive ketones (excluding diaryl/α,β-unsaturated/α-hetero) is 1. The summed E-state index contributed by atoms with van der Waals surface area (Å²) < 4.78 is 12.0. The third-order valence-corrected chi connectivity index (χ3v) is 4.57. The van der Waals surface area contributed by atoms with E-state index in [2.05, 4.69) is 0 Å². The maximum absolute atomic E-state index is 12.2. The summed E-state index contributed by atoms with van der Waals surface area (Å²) in [7, 11) is 0. The van der Waals surface area contributed by atoms with Crippen LogP contribution in [-0.2, 0) is 14.3 Å². The van der Waals surface area contributed by atoms with Gasteiger partial charge in [-0.05, 0) is 44.9 Å². The first kappa shape index (κ1) is 10.7. The molecule has 1 saturated carbocycles. The Morgan fingerprint density at radius 2 is 1.62 bits per heavy atom. The van der Waals surface area contributed by atoms with Crippen molar-refractivity contribution in [1.29, 1.82) is 0 Å². The summed E-state index contributed by atoms with van der Waals surface area (Å²) in [5.74, 6) is 0.300. The summed E-state index contributed by atoms with van der Waals surface area (Å²) >= 11 is 0. The molecule has 0 N–H and O–H groups in total. The number of carbonyl (C=O) groups is 1. The zero-order chi connectivity index (χ0) is 11.1. The van der Waals surface area contributed by atoms with Gasteiger partial charge in [-0.3, -0.25) is 4.79 Å². The lowest BCUT2D eigenvalue weighted by molar-refractivity contribution is -0.218. The van der Waals surface area contributed by atoms with Gasteiger partial charge in [0.25, 0.3) is 0 Å². The highest BCUT2D eigenvalue weighted by molar-refractivity contribution is 5.91. The van der Waals surface area contributed by atoms with Gasteiger partial charge in [0.05, 0.1) is 0 Å². The highest BCUT2D eigenvalue weighted by atomic mass is 16.6. The number of hydrogen-bond acceptors (Lipinski definition) is 3. The van der Waals surface area contributed by atoms with Crippen molar-refractivity contribution in [3.8, 4) is 0 Å². The van der Waals surface area contributed by atoms with E-state index in [0.29, 0.717) is 12.2 Å². The highest BCUT2D eigenvalue weighted by Crippen LogP contribution is 2.51. The van der Waals surface area contributed by atoms with Crippen molar-refractivity contribution >= 4 is 5.78 Å². The first-order valence-electron chi connectivity index (χ1n) is 6.60. The van der Waals surface area contributed by atoms with E-state index in [1.54, 1.807) is 0 Å². The molecule has 0 aromatic heterocycles. The Labute approximate surface area is 96.5 Å². The number of ether oxygens (including phenoxy) is 2. The molecule has 3 rings (SSSR count). The Balaban J connectivity index is 1.94. The minimum atomic E-state index is -0.564. The van der Waals surface area contributed by atoms with Crippen LogP contribution >= 0.6 is 0 Å². The van der Waals surface area contributed by atoms with E-state index in [4.69, 9.17) is 9.47 Å². The lowest BCUT2D eigenvalue weighted by Crippen LogP contribution is -2.59. The van der Waals surface area contributed by atoms with Crippen LogP contribution in [0.4, 0.5) is 0 Å². The molecule has 3 heteroatoms. The molecule has 3 fully saturated rings. The van der Waals surface area contributed by atoms with Gasteiger partial charge in [0.2, 0.25) is 0 Å². The first-order chi connectivity index (χ1) is 7.79. The van der Waals surface area contributed by atoms with E-state index in [-0.39, 0.29) is 5.60 Å². The summed E-state index contributed by atoms with van der Waals surface area (Å²) in [6.45, 7) is 1.54. The second kappa shape index (κ2) is 3.81. The van der Waals surface area contributed by atoms with Crippen molar-refractivity contribution < 1.29 is 14.3 Å². The van der Waals surface area contributed by atoms with Gasteiger partial charge >= 0.3 is 0 Å². The van der Waals surface area contributed by atoms with Gasteiger partial charge in [-0.2, -0.15) is 0 Å². The van der Waals surface area contributed by atoms with E-state index in [1.165, 1.54) is 6.42 Å². The number of ketones is 1. The molecule has 0 amide bonds. The summed E-state index contributed by atoms with van der Waals surface area (Å²) in [4.78, 5) is 12.2. The predicted octanol–water partition coefficient (Wildman–Crippen LogP) is 2.23. The van der Waals surface area contributed by atoms with Crippen LogP contribution in [0.5, 0.6) is 0 Å². The first-order valence-corrected chi connectivity index (χ1v) is 6.60. The maximum atomic E-state index is 12.2. The Kier molecular flexibility index (Phi) is 2.55. The van der Waals surface area contributed by atoms with Crippen molar-refractivity contribution in [3.63, 3.8) is 0 Å². The van der Waals surface area contributed by atoms with E-state index >= 15 is 0 Å². The Morgan fingerprint density at radius 1 is 0.875 bits per heavy atom. The number of fused-ring (bicyclic) bond motifs is 1. The van der Waals surface area contributed by atoms with Crippen LogP contribution in [0, 0.1) is 0 Å². The molecular formula is C13H20O3. The van der Waals surface area contributed by atoms with Gasteiger partial charge in [0, 0.05) is 19.6 Å². The van der Waals surface area contributed by atoms with Crippen molar-refractivity contribution in [2.75, 3.05) is 13.2 Å². The van der Waals surface area contributed by atoms with Crippen LogP contribution in [0.2, 0.25) is 0 Å². The van der Waals surface area contributed by atoms with Crippen LogP contribution in [0.15, 0.2) is 0 Å². The summed E-state index contributed by atoms with van der Waals surface area (Å²) in [5.41, 5.74) is -0.825. The van der Waals surface area contributed by atoms with E-state index < -0.39 is 5.60 Å². The predicted molar refractivity (Wildman–Crippen MR) is 59.3 cm³/mol. The van der Waals surface area contributed by atoms with Gasteiger partial charge in [-0.25, -0.2) is 0 Å². The molecule has 2 atom stereocenters. The fraction of sp³-hybridized carbons (Fsp3) is 0.923. The summed E-state index contributed by atoms with van der Waals surface area (Å²) in [6, 6.07) is 0. The topological polar surface area (TPSA) is 35.5 Å². The average Bonchev–Trinajstić information content (AvgIpc) is 2.59. The minimum absolute atomic E-state index is 0.261. The van der Waals surface area contributed by atoms with Crippen molar-refractivity contribution in [3.05, 3.63) is 0 Å². The van der Waals surface area contributed by atoms with Crippen LogP contribution in [0.3, 0.4) is 0 Å². The molecule has 3 nitrogen and oxygen atoms in total. The van der Waals surface area contributed by atoms with Gasteiger partial charge in [-0.1, -0.05) is 0 Å². The fourth-order valence-corrected chi connectivity index (χ4v) is 3.72. The number of hydrogen-bond donors (Lipinski definition) is 0. The summed E-state index contributed by atoms with van der Waals surface area (Å²) in [5, 5.41) is 0. The van der Waals surface area contributed by atoms with Gasteiger partial charge in [-0.15, -0.1) is 0 Å². The lowest BCUT2D eigenvalue weighted by atomic mass is 9.75. The molecule has 0 aromatic rings. The van der Waals surface area contributed by atoms with Crippen molar-refractivity contribution in [1.82, 2.24) is 0 Å². The van der Waals surface area contributed by atoms with E-state index in [1.807, 2.05) is 0 Å².